The van der Waals surface area contributed by atoms with Gasteiger partial charge in [-0.05, 0) is 25.5 Å². The van der Waals surface area contributed by atoms with Gasteiger partial charge in [-0.2, -0.15) is 4.98 Å². The highest BCUT2D eigenvalue weighted by molar-refractivity contribution is 7.09. The minimum Gasteiger partial charge on any atom is -0.398 e. The highest BCUT2D eigenvalue weighted by Gasteiger charge is 2.15. The highest BCUT2D eigenvalue weighted by atomic mass is 32.1. The zero-order valence-electron chi connectivity index (χ0n) is 11.3. The molecule has 20 heavy (non-hydrogen) atoms. The van der Waals surface area contributed by atoms with Crippen LogP contribution in [0.1, 0.15) is 22.1 Å². The smallest absolute Gasteiger partial charge is 0.260 e. The normalized spacial score (nSPS) is 10.9. The van der Waals surface area contributed by atoms with Crippen LogP contribution in [0, 0.1) is 13.8 Å². The van der Waals surface area contributed by atoms with E-state index in [0.717, 1.165) is 21.8 Å². The molecule has 0 aliphatic heterocycles. The molecule has 0 saturated carbocycles. The van der Waals surface area contributed by atoms with Crippen molar-refractivity contribution in [3.8, 4) is 11.5 Å². The minimum atomic E-state index is 0.462. The number of nitrogen functional groups attached to an aromatic ring is 1. The molecule has 0 spiro atoms. The summed E-state index contributed by atoms with van der Waals surface area (Å²) in [7, 11) is 0. The molecule has 6 heteroatoms. The summed E-state index contributed by atoms with van der Waals surface area (Å²) in [5, 5.41) is 6.99. The van der Waals surface area contributed by atoms with Gasteiger partial charge in [-0.3, -0.25) is 0 Å². The van der Waals surface area contributed by atoms with Crippen LogP contribution in [0.25, 0.3) is 11.5 Å². The predicted molar refractivity (Wildman–Crippen MR) is 78.5 cm³/mol. The van der Waals surface area contributed by atoms with Crippen LogP contribution in [0.3, 0.4) is 0 Å². The number of aromatic nitrogens is 3. The Bertz CT molecular complexity index is 727. The number of hydrogen-bond donors (Lipinski definition) is 1. The third-order valence-corrected chi connectivity index (χ3v) is 3.93. The molecule has 0 bridgehead atoms. The van der Waals surface area contributed by atoms with Crippen molar-refractivity contribution in [1.82, 2.24) is 15.1 Å². The van der Waals surface area contributed by atoms with Gasteiger partial charge >= 0.3 is 0 Å². The number of nitrogens with two attached hydrogens (primary N) is 1. The number of benzene rings is 1. The van der Waals surface area contributed by atoms with Crippen molar-refractivity contribution < 1.29 is 4.52 Å². The Kier molecular flexibility index (Phi) is 3.23. The molecule has 5 nitrogen and oxygen atoms in total. The summed E-state index contributed by atoms with van der Waals surface area (Å²) in [6.45, 7) is 3.94. The minimum absolute atomic E-state index is 0.462. The molecule has 0 radical (unpaired) electrons. The van der Waals surface area contributed by atoms with Crippen molar-refractivity contribution >= 4 is 17.0 Å². The fourth-order valence-electron chi connectivity index (χ4n) is 2.03. The zero-order valence-corrected chi connectivity index (χ0v) is 12.1. The fraction of sp³-hybridized carbons (Fsp3) is 0.214. The van der Waals surface area contributed by atoms with E-state index in [1.165, 1.54) is 0 Å². The van der Waals surface area contributed by atoms with Gasteiger partial charge < -0.3 is 10.3 Å². The lowest BCUT2D eigenvalue weighted by molar-refractivity contribution is 0.424. The Balaban J connectivity index is 1.90. The molecule has 2 aromatic heterocycles. The maximum Gasteiger partial charge on any atom is 0.260 e. The van der Waals surface area contributed by atoms with E-state index >= 15 is 0 Å². The van der Waals surface area contributed by atoms with E-state index < -0.39 is 0 Å². The molecule has 3 rings (SSSR count). The first-order valence-corrected chi connectivity index (χ1v) is 7.10. The van der Waals surface area contributed by atoms with Crippen LogP contribution in [-0.4, -0.2) is 15.1 Å². The molecule has 102 valence electrons. The van der Waals surface area contributed by atoms with Gasteiger partial charge in [0.05, 0.1) is 12.0 Å². The SMILES string of the molecule is Cc1csc(Cc2noc(-c3c(C)cccc3N)n2)n1. The van der Waals surface area contributed by atoms with E-state index in [0.29, 0.717) is 23.8 Å². The van der Waals surface area contributed by atoms with Crippen LogP contribution < -0.4 is 5.73 Å². The number of hydrogen-bond acceptors (Lipinski definition) is 6. The zero-order chi connectivity index (χ0) is 14.1. The summed E-state index contributed by atoms with van der Waals surface area (Å²) < 4.78 is 5.33. The largest absolute Gasteiger partial charge is 0.398 e. The Morgan fingerprint density at radius 1 is 1.25 bits per heavy atom. The quantitative estimate of drug-likeness (QED) is 0.749. The van der Waals surface area contributed by atoms with Crippen LogP contribution in [-0.2, 0) is 6.42 Å². The topological polar surface area (TPSA) is 77.8 Å². The average molecular weight is 286 g/mol. The molecular weight excluding hydrogens is 272 g/mol. The first-order valence-electron chi connectivity index (χ1n) is 6.22. The summed E-state index contributed by atoms with van der Waals surface area (Å²) in [5.74, 6) is 1.08. The molecule has 2 N–H and O–H groups in total. The summed E-state index contributed by atoms with van der Waals surface area (Å²) >= 11 is 1.60. The summed E-state index contributed by atoms with van der Waals surface area (Å²) in [6.07, 6.45) is 0.577. The molecule has 0 amide bonds. The number of anilines is 1. The van der Waals surface area contributed by atoms with Gasteiger partial charge in [-0.15, -0.1) is 11.3 Å². The Labute approximate surface area is 120 Å². The van der Waals surface area contributed by atoms with Crippen molar-refractivity contribution in [3.05, 3.63) is 45.7 Å². The van der Waals surface area contributed by atoms with Crippen LogP contribution >= 0.6 is 11.3 Å². The van der Waals surface area contributed by atoms with Gasteiger partial charge in [0, 0.05) is 16.8 Å². The maximum absolute atomic E-state index is 5.98. The standard InChI is InChI=1S/C14H14N4OS/c1-8-4-3-5-10(15)13(8)14-17-11(18-19-14)6-12-16-9(2)7-20-12/h3-5,7H,6,15H2,1-2H3. The number of rotatable bonds is 3. The lowest BCUT2D eigenvalue weighted by Gasteiger charge is -2.03. The predicted octanol–water partition coefficient (Wildman–Crippen LogP) is 2.98. The third-order valence-electron chi connectivity index (χ3n) is 2.96. The Morgan fingerprint density at radius 3 is 2.80 bits per heavy atom. The summed E-state index contributed by atoms with van der Waals surface area (Å²) in [5.41, 5.74) is 9.46. The van der Waals surface area contributed by atoms with Gasteiger partial charge in [0.2, 0.25) is 0 Å². The lowest BCUT2D eigenvalue weighted by Crippen LogP contribution is -1.94. The molecule has 0 unspecified atom stereocenters. The second kappa shape index (κ2) is 5.05. The molecule has 3 aromatic rings. The second-order valence-corrected chi connectivity index (χ2v) is 5.56. The van der Waals surface area contributed by atoms with Crippen LogP contribution in [0.15, 0.2) is 28.1 Å². The van der Waals surface area contributed by atoms with Crippen molar-refractivity contribution in [3.63, 3.8) is 0 Å². The summed E-state index contributed by atoms with van der Waals surface area (Å²) in [4.78, 5) is 8.81. The highest BCUT2D eigenvalue weighted by Crippen LogP contribution is 2.28. The van der Waals surface area contributed by atoms with Gasteiger partial charge in [0.1, 0.15) is 5.01 Å². The number of nitrogens with zero attached hydrogens (tertiary/aromatic N) is 3. The lowest BCUT2D eigenvalue weighted by atomic mass is 10.1. The summed E-state index contributed by atoms with van der Waals surface area (Å²) in [6, 6.07) is 5.71. The Morgan fingerprint density at radius 2 is 2.10 bits per heavy atom. The molecule has 0 saturated heterocycles. The van der Waals surface area contributed by atoms with Gasteiger partial charge in [-0.1, -0.05) is 17.3 Å². The van der Waals surface area contributed by atoms with E-state index in [1.54, 1.807) is 11.3 Å². The molecule has 0 atom stereocenters. The van der Waals surface area contributed by atoms with Crippen LogP contribution in [0.4, 0.5) is 5.69 Å². The Hall–Kier alpha value is -2.21. The molecule has 0 aliphatic rings. The average Bonchev–Trinajstić information content (AvgIpc) is 3.00. The monoisotopic (exact) mass is 286 g/mol. The molecule has 1 aromatic carbocycles. The van der Waals surface area contributed by atoms with E-state index in [1.807, 2.05) is 37.4 Å². The van der Waals surface area contributed by atoms with Crippen LogP contribution in [0.2, 0.25) is 0 Å². The van der Waals surface area contributed by atoms with E-state index in [4.69, 9.17) is 10.3 Å². The maximum atomic E-state index is 5.98. The van der Waals surface area contributed by atoms with Crippen molar-refractivity contribution in [1.29, 1.82) is 0 Å². The number of aryl methyl sites for hydroxylation is 2. The van der Waals surface area contributed by atoms with Gasteiger partial charge in [0.25, 0.3) is 5.89 Å². The fourth-order valence-corrected chi connectivity index (χ4v) is 2.80. The number of thiazole rings is 1. The second-order valence-electron chi connectivity index (χ2n) is 4.61. The van der Waals surface area contributed by atoms with E-state index in [-0.39, 0.29) is 0 Å². The first-order chi connectivity index (χ1) is 9.63. The third kappa shape index (κ3) is 2.42. The molecule has 2 heterocycles. The van der Waals surface area contributed by atoms with Crippen LogP contribution in [0.5, 0.6) is 0 Å². The van der Waals surface area contributed by atoms with Crippen molar-refractivity contribution in [2.45, 2.75) is 20.3 Å². The molecule has 0 fully saturated rings. The van der Waals surface area contributed by atoms with E-state index in [9.17, 15) is 0 Å². The molecular formula is C14H14N4OS. The van der Waals surface area contributed by atoms with Crippen molar-refractivity contribution in [2.75, 3.05) is 5.73 Å². The van der Waals surface area contributed by atoms with Gasteiger partial charge in [0.15, 0.2) is 5.82 Å². The van der Waals surface area contributed by atoms with Crippen molar-refractivity contribution in [2.24, 2.45) is 0 Å². The first kappa shape index (κ1) is 12.8. The molecule has 0 aliphatic carbocycles. The van der Waals surface area contributed by atoms with Gasteiger partial charge in [-0.25, -0.2) is 4.98 Å². The van der Waals surface area contributed by atoms with E-state index in [2.05, 4.69) is 15.1 Å².